The summed E-state index contributed by atoms with van der Waals surface area (Å²) in [6.07, 6.45) is 4.76. The van der Waals surface area contributed by atoms with Gasteiger partial charge in [-0.3, -0.25) is 4.79 Å². The summed E-state index contributed by atoms with van der Waals surface area (Å²) in [6.45, 7) is 0.363. The molecule has 1 N–H and O–H groups in total. The van der Waals surface area contributed by atoms with Crippen LogP contribution in [0.25, 0.3) is 0 Å². The second kappa shape index (κ2) is 3.90. The zero-order valence-electron chi connectivity index (χ0n) is 7.51. The maximum absolute atomic E-state index is 11.0. The van der Waals surface area contributed by atoms with Crippen molar-refractivity contribution < 1.29 is 14.6 Å². The van der Waals surface area contributed by atoms with E-state index in [9.17, 15) is 4.79 Å². The summed E-state index contributed by atoms with van der Waals surface area (Å²) in [5.41, 5.74) is -0.576. The molecule has 3 nitrogen and oxygen atoms in total. The van der Waals surface area contributed by atoms with Crippen molar-refractivity contribution in [3.8, 4) is 0 Å². The highest BCUT2D eigenvalue weighted by Crippen LogP contribution is 2.36. The van der Waals surface area contributed by atoms with Gasteiger partial charge in [-0.25, -0.2) is 0 Å². The van der Waals surface area contributed by atoms with Crippen molar-refractivity contribution in [2.24, 2.45) is 5.41 Å². The second-order valence-electron chi connectivity index (χ2n) is 3.58. The van der Waals surface area contributed by atoms with E-state index < -0.39 is 11.4 Å². The highest BCUT2D eigenvalue weighted by Gasteiger charge is 2.39. The van der Waals surface area contributed by atoms with Crippen molar-refractivity contribution in [1.29, 1.82) is 0 Å². The zero-order chi connectivity index (χ0) is 9.03. The normalized spacial score (nSPS) is 22.1. The molecule has 3 heteroatoms. The van der Waals surface area contributed by atoms with Gasteiger partial charge in [0.25, 0.3) is 0 Å². The fourth-order valence-corrected chi connectivity index (χ4v) is 1.92. The molecule has 1 aliphatic rings. The van der Waals surface area contributed by atoms with Crippen molar-refractivity contribution in [2.75, 3.05) is 13.7 Å². The van der Waals surface area contributed by atoms with Crippen LogP contribution in [-0.2, 0) is 9.53 Å². The Labute approximate surface area is 72.7 Å². The van der Waals surface area contributed by atoms with Gasteiger partial charge in [-0.15, -0.1) is 0 Å². The molecule has 0 aromatic heterocycles. The number of ether oxygens (including phenoxy) is 1. The summed E-state index contributed by atoms with van der Waals surface area (Å²) in [6, 6.07) is 0. The molecule has 0 saturated heterocycles. The molecule has 0 amide bonds. The van der Waals surface area contributed by atoms with Gasteiger partial charge in [-0.2, -0.15) is 0 Å². The molecule has 0 aliphatic heterocycles. The van der Waals surface area contributed by atoms with Crippen LogP contribution in [0, 0.1) is 5.41 Å². The molecule has 1 fully saturated rings. The van der Waals surface area contributed by atoms with Crippen LogP contribution >= 0.6 is 0 Å². The third kappa shape index (κ3) is 1.78. The van der Waals surface area contributed by atoms with Crippen LogP contribution in [0.3, 0.4) is 0 Å². The molecule has 0 atom stereocenters. The van der Waals surface area contributed by atoms with Crippen molar-refractivity contribution in [3.63, 3.8) is 0 Å². The van der Waals surface area contributed by atoms with Crippen LogP contribution < -0.4 is 0 Å². The number of aliphatic carboxylic acids is 1. The maximum atomic E-state index is 11.0. The predicted octanol–water partition coefficient (Wildman–Crippen LogP) is 1.67. The Balaban J connectivity index is 2.63. The predicted molar refractivity (Wildman–Crippen MR) is 45.0 cm³/mol. The van der Waals surface area contributed by atoms with Gasteiger partial charge in [0.1, 0.15) is 0 Å². The number of carboxylic acids is 1. The summed E-state index contributed by atoms with van der Waals surface area (Å²) in [5.74, 6) is -0.691. The van der Waals surface area contributed by atoms with E-state index in [1.54, 1.807) is 7.11 Å². The summed E-state index contributed by atoms with van der Waals surface area (Å²) in [4.78, 5) is 11.0. The molecule has 12 heavy (non-hydrogen) atoms. The van der Waals surface area contributed by atoms with Crippen molar-refractivity contribution in [1.82, 2.24) is 0 Å². The third-order valence-electron chi connectivity index (χ3n) is 2.68. The number of hydrogen-bond acceptors (Lipinski definition) is 2. The first kappa shape index (κ1) is 9.52. The lowest BCUT2D eigenvalue weighted by Crippen LogP contribution is -2.37. The highest BCUT2D eigenvalue weighted by molar-refractivity contribution is 5.74. The van der Waals surface area contributed by atoms with E-state index in [2.05, 4.69) is 0 Å². The van der Waals surface area contributed by atoms with Gasteiger partial charge in [-0.05, 0) is 12.8 Å². The van der Waals surface area contributed by atoms with Gasteiger partial charge < -0.3 is 9.84 Å². The maximum Gasteiger partial charge on any atom is 0.311 e. The minimum atomic E-state index is -0.691. The van der Waals surface area contributed by atoms with E-state index in [1.807, 2.05) is 0 Å². The second-order valence-corrected chi connectivity index (χ2v) is 3.58. The molecule has 0 radical (unpaired) electrons. The number of methoxy groups -OCH3 is 1. The molecular formula is C9H16O3. The van der Waals surface area contributed by atoms with Gasteiger partial charge in [0.2, 0.25) is 0 Å². The van der Waals surface area contributed by atoms with E-state index in [0.29, 0.717) is 6.61 Å². The van der Waals surface area contributed by atoms with Crippen LogP contribution in [-0.4, -0.2) is 24.8 Å². The molecule has 1 rings (SSSR count). The van der Waals surface area contributed by atoms with Gasteiger partial charge in [-0.1, -0.05) is 19.3 Å². The molecular weight excluding hydrogens is 156 g/mol. The quantitative estimate of drug-likeness (QED) is 0.704. The Morgan fingerprint density at radius 2 is 2.00 bits per heavy atom. The lowest BCUT2D eigenvalue weighted by atomic mass is 9.75. The summed E-state index contributed by atoms with van der Waals surface area (Å²) < 4.78 is 4.97. The van der Waals surface area contributed by atoms with Crippen LogP contribution in [0.5, 0.6) is 0 Å². The first-order valence-electron chi connectivity index (χ1n) is 4.44. The largest absolute Gasteiger partial charge is 0.481 e. The van der Waals surface area contributed by atoms with Gasteiger partial charge >= 0.3 is 5.97 Å². The fraction of sp³-hybridized carbons (Fsp3) is 0.889. The highest BCUT2D eigenvalue weighted by atomic mass is 16.5. The zero-order valence-corrected chi connectivity index (χ0v) is 7.51. The molecule has 0 aromatic rings. The Bertz CT molecular complexity index is 154. The standard InChI is InChI=1S/C9H16O3/c1-12-7-9(8(10)11)5-3-2-4-6-9/h2-7H2,1H3,(H,10,11). The van der Waals surface area contributed by atoms with E-state index in [0.717, 1.165) is 25.7 Å². The average Bonchev–Trinajstić information content (AvgIpc) is 2.06. The molecule has 1 saturated carbocycles. The van der Waals surface area contributed by atoms with Crippen LogP contribution in [0.15, 0.2) is 0 Å². The monoisotopic (exact) mass is 172 g/mol. The Morgan fingerprint density at radius 1 is 1.42 bits per heavy atom. The summed E-state index contributed by atoms with van der Waals surface area (Å²) >= 11 is 0. The third-order valence-corrected chi connectivity index (χ3v) is 2.68. The van der Waals surface area contributed by atoms with Crippen molar-refractivity contribution >= 4 is 5.97 Å². The average molecular weight is 172 g/mol. The van der Waals surface area contributed by atoms with E-state index >= 15 is 0 Å². The van der Waals surface area contributed by atoms with Crippen LogP contribution in [0.1, 0.15) is 32.1 Å². The molecule has 0 bridgehead atoms. The van der Waals surface area contributed by atoms with E-state index in [4.69, 9.17) is 9.84 Å². The molecule has 0 unspecified atom stereocenters. The number of carboxylic acid groups (broad SMARTS) is 1. The molecule has 70 valence electrons. The topological polar surface area (TPSA) is 46.5 Å². The molecule has 0 aromatic carbocycles. The van der Waals surface area contributed by atoms with Crippen molar-refractivity contribution in [3.05, 3.63) is 0 Å². The minimum absolute atomic E-state index is 0.363. The smallest absolute Gasteiger partial charge is 0.311 e. The molecule has 1 aliphatic carbocycles. The van der Waals surface area contributed by atoms with Gasteiger partial charge in [0.15, 0.2) is 0 Å². The lowest BCUT2D eigenvalue weighted by Gasteiger charge is -2.32. The van der Waals surface area contributed by atoms with Crippen LogP contribution in [0.2, 0.25) is 0 Å². The SMILES string of the molecule is COCC1(C(=O)O)CCCCC1. The van der Waals surface area contributed by atoms with E-state index in [1.165, 1.54) is 6.42 Å². The van der Waals surface area contributed by atoms with Crippen LogP contribution in [0.4, 0.5) is 0 Å². The van der Waals surface area contributed by atoms with Gasteiger partial charge in [0.05, 0.1) is 12.0 Å². The lowest BCUT2D eigenvalue weighted by molar-refractivity contribution is -0.154. The first-order valence-corrected chi connectivity index (χ1v) is 4.44. The first-order chi connectivity index (χ1) is 5.71. The minimum Gasteiger partial charge on any atom is -0.481 e. The number of carbonyl (C=O) groups is 1. The van der Waals surface area contributed by atoms with Gasteiger partial charge in [0, 0.05) is 7.11 Å². The summed E-state index contributed by atoms with van der Waals surface area (Å²) in [7, 11) is 1.57. The number of rotatable bonds is 3. The molecule has 0 spiro atoms. The Kier molecular flexibility index (Phi) is 3.09. The summed E-state index contributed by atoms with van der Waals surface area (Å²) in [5, 5.41) is 9.04. The van der Waals surface area contributed by atoms with E-state index in [-0.39, 0.29) is 0 Å². The molecule has 0 heterocycles. The fourth-order valence-electron chi connectivity index (χ4n) is 1.92. The Morgan fingerprint density at radius 3 is 2.42 bits per heavy atom. The number of hydrogen-bond donors (Lipinski definition) is 1. The van der Waals surface area contributed by atoms with Crippen molar-refractivity contribution in [2.45, 2.75) is 32.1 Å². The Hall–Kier alpha value is -0.570.